The van der Waals surface area contributed by atoms with Gasteiger partial charge in [-0.05, 0) is 13.0 Å². The van der Waals surface area contributed by atoms with Crippen LogP contribution >= 0.6 is 0 Å². The van der Waals surface area contributed by atoms with Gasteiger partial charge < -0.3 is 26.1 Å². The first-order valence-electron chi connectivity index (χ1n) is 3.34. The van der Waals surface area contributed by atoms with Crippen molar-refractivity contribution in [3.8, 4) is 0 Å². The van der Waals surface area contributed by atoms with Crippen molar-refractivity contribution in [3.05, 3.63) is 0 Å². The molecule has 5 heteroatoms. The third-order valence-corrected chi connectivity index (χ3v) is 1.44. The smallest absolute Gasteiger partial charge is 0.0981 e. The molecule has 1 aliphatic heterocycles. The Bertz CT molecular complexity index is 121. The maximum absolute atomic E-state index is 10.2. The second-order valence-corrected chi connectivity index (χ2v) is 2.22. The predicted octanol–water partition coefficient (Wildman–Crippen LogP) is -1.51. The first-order chi connectivity index (χ1) is 4.80. The fourth-order valence-corrected chi connectivity index (χ4v) is 0.901. The fraction of sp³-hybridized carbons (Fsp3) is 0.833. The Morgan fingerprint density at radius 1 is 1.55 bits per heavy atom. The summed E-state index contributed by atoms with van der Waals surface area (Å²) in [4.78, 5) is 10.2. The molecule has 0 spiro atoms. The van der Waals surface area contributed by atoms with Crippen LogP contribution in [0.1, 0.15) is 6.42 Å². The Balaban J connectivity index is 0.000001000. The van der Waals surface area contributed by atoms with Crippen LogP contribution in [0.25, 0.3) is 0 Å². The maximum atomic E-state index is 10.2. The average molecular weight is 162 g/mol. The number of nitrogens with one attached hydrogen (secondary N) is 1. The van der Waals surface area contributed by atoms with Gasteiger partial charge in [-0.25, -0.2) is 0 Å². The van der Waals surface area contributed by atoms with Crippen molar-refractivity contribution < 1.29 is 14.6 Å². The maximum Gasteiger partial charge on any atom is 0.0981 e. The van der Waals surface area contributed by atoms with Crippen LogP contribution in [0.2, 0.25) is 0 Å². The van der Waals surface area contributed by atoms with E-state index in [0.717, 1.165) is 6.54 Å². The van der Waals surface area contributed by atoms with Crippen LogP contribution in [0.15, 0.2) is 0 Å². The van der Waals surface area contributed by atoms with Crippen molar-refractivity contribution in [1.82, 2.24) is 11.5 Å². The lowest BCUT2D eigenvalue weighted by molar-refractivity contribution is -0.316. The molecular weight excluding hydrogens is 148 g/mol. The Hall–Kier alpha value is -0.650. The SMILES string of the molecule is O=C([O-])C1CCNCCO1.[NH4+]. The van der Waals surface area contributed by atoms with Crippen LogP contribution in [0.4, 0.5) is 0 Å². The number of hydrogen-bond donors (Lipinski definition) is 2. The molecule has 1 unspecified atom stereocenters. The topological polar surface area (TPSA) is 97.9 Å². The van der Waals surface area contributed by atoms with Crippen molar-refractivity contribution >= 4 is 5.97 Å². The zero-order valence-electron chi connectivity index (χ0n) is 6.63. The summed E-state index contributed by atoms with van der Waals surface area (Å²) < 4.78 is 4.94. The third kappa shape index (κ3) is 3.31. The van der Waals surface area contributed by atoms with Gasteiger partial charge in [-0.1, -0.05) is 0 Å². The first-order valence-corrected chi connectivity index (χ1v) is 3.34. The summed E-state index contributed by atoms with van der Waals surface area (Å²) >= 11 is 0. The van der Waals surface area contributed by atoms with Crippen molar-refractivity contribution in [2.45, 2.75) is 12.5 Å². The molecule has 0 aromatic heterocycles. The summed E-state index contributed by atoms with van der Waals surface area (Å²) in [6.45, 7) is 1.88. The van der Waals surface area contributed by atoms with Crippen LogP contribution in [0.3, 0.4) is 0 Å². The number of carbonyl (C=O) groups is 1. The number of hydrogen-bond acceptors (Lipinski definition) is 4. The van der Waals surface area contributed by atoms with E-state index in [9.17, 15) is 9.90 Å². The van der Waals surface area contributed by atoms with Crippen LogP contribution in [0.5, 0.6) is 0 Å². The molecule has 0 saturated carbocycles. The Kier molecular flexibility index (Phi) is 4.76. The van der Waals surface area contributed by atoms with E-state index < -0.39 is 12.1 Å². The number of carboxylic acids is 1. The minimum atomic E-state index is -1.11. The lowest BCUT2D eigenvalue weighted by Crippen LogP contribution is -2.37. The van der Waals surface area contributed by atoms with Gasteiger partial charge in [0.1, 0.15) is 0 Å². The van der Waals surface area contributed by atoms with Gasteiger partial charge in [0.25, 0.3) is 0 Å². The fourth-order valence-electron chi connectivity index (χ4n) is 0.901. The van der Waals surface area contributed by atoms with Gasteiger partial charge in [0, 0.05) is 6.54 Å². The van der Waals surface area contributed by atoms with Gasteiger partial charge >= 0.3 is 0 Å². The molecule has 0 aliphatic carbocycles. The molecule has 5 N–H and O–H groups in total. The summed E-state index contributed by atoms with van der Waals surface area (Å²) in [5, 5.41) is 13.3. The van der Waals surface area contributed by atoms with Crippen LogP contribution in [0, 0.1) is 0 Å². The van der Waals surface area contributed by atoms with Crippen molar-refractivity contribution in [3.63, 3.8) is 0 Å². The molecule has 11 heavy (non-hydrogen) atoms. The van der Waals surface area contributed by atoms with E-state index in [1.165, 1.54) is 0 Å². The van der Waals surface area contributed by atoms with Crippen molar-refractivity contribution in [2.75, 3.05) is 19.7 Å². The van der Waals surface area contributed by atoms with E-state index >= 15 is 0 Å². The predicted molar refractivity (Wildman–Crippen MR) is 38.2 cm³/mol. The number of carbonyl (C=O) groups excluding carboxylic acids is 1. The molecule has 0 bridgehead atoms. The molecule has 0 aromatic carbocycles. The summed E-state index contributed by atoms with van der Waals surface area (Å²) in [5.41, 5.74) is 0. The zero-order valence-corrected chi connectivity index (χ0v) is 6.63. The van der Waals surface area contributed by atoms with Crippen LogP contribution in [-0.2, 0) is 9.53 Å². The van der Waals surface area contributed by atoms with E-state index in [2.05, 4.69) is 5.32 Å². The van der Waals surface area contributed by atoms with E-state index in [4.69, 9.17) is 4.74 Å². The highest BCUT2D eigenvalue weighted by Crippen LogP contribution is 1.98. The molecule has 1 rings (SSSR count). The molecule has 5 nitrogen and oxygen atoms in total. The molecule has 0 amide bonds. The largest absolute Gasteiger partial charge is 0.547 e. The van der Waals surface area contributed by atoms with E-state index in [0.29, 0.717) is 19.6 Å². The third-order valence-electron chi connectivity index (χ3n) is 1.44. The number of rotatable bonds is 1. The monoisotopic (exact) mass is 162 g/mol. The van der Waals surface area contributed by atoms with E-state index in [1.807, 2.05) is 0 Å². The summed E-state index contributed by atoms with van der Waals surface area (Å²) in [5.74, 6) is -1.11. The van der Waals surface area contributed by atoms with E-state index in [1.54, 1.807) is 0 Å². The van der Waals surface area contributed by atoms with Gasteiger partial charge in [0.15, 0.2) is 0 Å². The highest BCUT2D eigenvalue weighted by atomic mass is 16.5. The number of aliphatic carboxylic acids is 1. The van der Waals surface area contributed by atoms with Gasteiger partial charge in [-0.2, -0.15) is 0 Å². The standard InChI is InChI=1S/C6H11NO3.H3N/c8-6(9)5-1-2-7-3-4-10-5;/h5,7H,1-4H2,(H,8,9);1H3. The molecule has 1 heterocycles. The molecule has 1 aliphatic rings. The minimum absolute atomic E-state index is 0. The number of quaternary nitrogens is 1. The van der Waals surface area contributed by atoms with Gasteiger partial charge in [-0.3, -0.25) is 0 Å². The lowest BCUT2D eigenvalue weighted by atomic mass is 10.2. The quantitative estimate of drug-likeness (QED) is 0.489. The normalized spacial score (nSPS) is 24.9. The molecular formula is C6H14N2O3. The molecule has 0 aromatic rings. The number of ether oxygens (including phenoxy) is 1. The summed E-state index contributed by atoms with van der Waals surface area (Å²) in [6.07, 6.45) is -0.211. The summed E-state index contributed by atoms with van der Waals surface area (Å²) in [6, 6.07) is 0. The van der Waals surface area contributed by atoms with Crippen LogP contribution in [-0.4, -0.2) is 31.8 Å². The molecule has 0 radical (unpaired) electrons. The summed E-state index contributed by atoms with van der Waals surface area (Å²) in [7, 11) is 0. The highest BCUT2D eigenvalue weighted by molar-refractivity contribution is 5.69. The highest BCUT2D eigenvalue weighted by Gasteiger charge is 2.11. The van der Waals surface area contributed by atoms with Crippen molar-refractivity contribution in [1.29, 1.82) is 0 Å². The van der Waals surface area contributed by atoms with E-state index in [-0.39, 0.29) is 6.15 Å². The van der Waals surface area contributed by atoms with Gasteiger partial charge in [-0.15, -0.1) is 0 Å². The Labute approximate surface area is 65.3 Å². The molecule has 66 valence electrons. The average Bonchev–Trinajstić information content (AvgIpc) is 2.12. The Morgan fingerprint density at radius 2 is 2.27 bits per heavy atom. The zero-order chi connectivity index (χ0) is 7.40. The van der Waals surface area contributed by atoms with Crippen LogP contribution < -0.4 is 16.6 Å². The second-order valence-electron chi connectivity index (χ2n) is 2.22. The molecule has 1 saturated heterocycles. The Morgan fingerprint density at radius 3 is 2.91 bits per heavy atom. The first kappa shape index (κ1) is 10.3. The second kappa shape index (κ2) is 5.06. The lowest BCUT2D eigenvalue weighted by Gasteiger charge is -2.14. The number of carboxylic acid groups (broad SMARTS) is 1. The molecule has 1 atom stereocenters. The van der Waals surface area contributed by atoms with Crippen molar-refractivity contribution in [2.24, 2.45) is 0 Å². The minimum Gasteiger partial charge on any atom is -0.547 e. The van der Waals surface area contributed by atoms with Gasteiger partial charge in [0.05, 0.1) is 18.7 Å². The van der Waals surface area contributed by atoms with Gasteiger partial charge in [0.2, 0.25) is 0 Å². The molecule has 1 fully saturated rings.